The van der Waals surface area contributed by atoms with E-state index < -0.39 is 0 Å². The lowest BCUT2D eigenvalue weighted by atomic mass is 9.99. The first kappa shape index (κ1) is 13.0. The molecule has 0 spiro atoms. The summed E-state index contributed by atoms with van der Waals surface area (Å²) in [6.45, 7) is 0. The number of ether oxygens (including phenoxy) is 3. The SMILES string of the molecule is COc1cc2c(c(OC)c1OC)C[C@@H]([NH3+])CCC2. The van der Waals surface area contributed by atoms with Gasteiger partial charge in [-0.05, 0) is 30.9 Å². The highest BCUT2D eigenvalue weighted by Gasteiger charge is 2.25. The summed E-state index contributed by atoms with van der Waals surface area (Å²) in [6, 6.07) is 2.52. The van der Waals surface area contributed by atoms with Gasteiger partial charge in [-0.3, -0.25) is 0 Å². The molecule has 0 heterocycles. The van der Waals surface area contributed by atoms with Crippen molar-refractivity contribution in [2.75, 3.05) is 21.3 Å². The Morgan fingerprint density at radius 1 is 1.11 bits per heavy atom. The van der Waals surface area contributed by atoms with Crippen LogP contribution in [0.2, 0.25) is 0 Å². The fourth-order valence-corrected chi connectivity index (χ4v) is 2.69. The number of aryl methyl sites for hydroxylation is 1. The average molecular weight is 252 g/mol. The molecular formula is C14H22NO3+. The van der Waals surface area contributed by atoms with Gasteiger partial charge in [0.1, 0.15) is 0 Å². The molecule has 0 aromatic heterocycles. The van der Waals surface area contributed by atoms with Crippen molar-refractivity contribution in [2.45, 2.75) is 31.7 Å². The first-order valence-corrected chi connectivity index (χ1v) is 6.35. The summed E-state index contributed by atoms with van der Waals surface area (Å²) >= 11 is 0. The van der Waals surface area contributed by atoms with Crippen LogP contribution in [0.5, 0.6) is 17.2 Å². The van der Waals surface area contributed by atoms with Crippen LogP contribution in [0.25, 0.3) is 0 Å². The van der Waals surface area contributed by atoms with Crippen molar-refractivity contribution in [3.8, 4) is 17.2 Å². The third kappa shape index (κ3) is 2.25. The second-order valence-corrected chi connectivity index (χ2v) is 4.75. The van der Waals surface area contributed by atoms with Gasteiger partial charge in [-0.2, -0.15) is 0 Å². The molecule has 2 rings (SSSR count). The predicted octanol–water partition coefficient (Wildman–Crippen LogP) is 1.20. The fourth-order valence-electron chi connectivity index (χ4n) is 2.69. The van der Waals surface area contributed by atoms with Crippen LogP contribution in [0.4, 0.5) is 0 Å². The topological polar surface area (TPSA) is 55.3 Å². The summed E-state index contributed by atoms with van der Waals surface area (Å²) in [5.74, 6) is 2.24. The van der Waals surface area contributed by atoms with Crippen LogP contribution >= 0.6 is 0 Å². The normalized spacial score (nSPS) is 18.8. The molecule has 4 heteroatoms. The lowest BCUT2D eigenvalue weighted by Crippen LogP contribution is -2.61. The molecule has 0 aliphatic heterocycles. The van der Waals surface area contributed by atoms with E-state index in [2.05, 4.69) is 11.8 Å². The Labute approximate surface area is 108 Å². The first-order chi connectivity index (χ1) is 8.71. The molecule has 1 atom stereocenters. The summed E-state index contributed by atoms with van der Waals surface area (Å²) in [6.07, 6.45) is 4.32. The Morgan fingerprint density at radius 2 is 1.83 bits per heavy atom. The van der Waals surface area contributed by atoms with Gasteiger partial charge in [-0.1, -0.05) is 0 Å². The van der Waals surface area contributed by atoms with Crippen molar-refractivity contribution >= 4 is 0 Å². The second kappa shape index (κ2) is 5.48. The predicted molar refractivity (Wildman–Crippen MR) is 69.4 cm³/mol. The molecule has 100 valence electrons. The van der Waals surface area contributed by atoms with Crippen LogP contribution in [-0.2, 0) is 12.8 Å². The van der Waals surface area contributed by atoms with Crippen molar-refractivity contribution < 1.29 is 19.9 Å². The zero-order chi connectivity index (χ0) is 13.1. The number of hydrogen-bond acceptors (Lipinski definition) is 3. The molecule has 0 saturated heterocycles. The lowest BCUT2D eigenvalue weighted by molar-refractivity contribution is -0.420. The standard InChI is InChI=1S/C14H21NO3/c1-16-12-7-9-5-4-6-10(15)8-11(9)13(17-2)14(12)18-3/h7,10H,4-6,8,15H2,1-3H3/p+1/t10-/m0/s1. The largest absolute Gasteiger partial charge is 0.493 e. The van der Waals surface area contributed by atoms with E-state index in [0.717, 1.165) is 30.8 Å². The summed E-state index contributed by atoms with van der Waals surface area (Å²) in [7, 11) is 4.98. The van der Waals surface area contributed by atoms with Gasteiger partial charge in [0.05, 0.1) is 27.4 Å². The fraction of sp³-hybridized carbons (Fsp3) is 0.571. The van der Waals surface area contributed by atoms with Gasteiger partial charge in [0.2, 0.25) is 5.75 Å². The molecule has 18 heavy (non-hydrogen) atoms. The summed E-state index contributed by atoms with van der Waals surface area (Å²) in [4.78, 5) is 0. The monoisotopic (exact) mass is 252 g/mol. The first-order valence-electron chi connectivity index (χ1n) is 6.35. The minimum Gasteiger partial charge on any atom is -0.493 e. The van der Waals surface area contributed by atoms with E-state index in [1.165, 1.54) is 17.5 Å². The van der Waals surface area contributed by atoms with Gasteiger partial charge in [0.15, 0.2) is 11.5 Å². The molecule has 1 aromatic carbocycles. The third-order valence-corrected chi connectivity index (χ3v) is 3.58. The average Bonchev–Trinajstić information content (AvgIpc) is 2.56. The van der Waals surface area contributed by atoms with Crippen molar-refractivity contribution in [1.82, 2.24) is 0 Å². The maximum Gasteiger partial charge on any atom is 0.203 e. The molecule has 1 aliphatic carbocycles. The smallest absolute Gasteiger partial charge is 0.203 e. The Morgan fingerprint density at radius 3 is 2.44 bits per heavy atom. The highest BCUT2D eigenvalue weighted by molar-refractivity contribution is 5.59. The number of methoxy groups -OCH3 is 3. The van der Waals surface area contributed by atoms with Crippen LogP contribution in [0.3, 0.4) is 0 Å². The number of rotatable bonds is 3. The molecule has 0 bridgehead atoms. The van der Waals surface area contributed by atoms with E-state index in [0.29, 0.717) is 11.8 Å². The zero-order valence-corrected chi connectivity index (χ0v) is 11.4. The van der Waals surface area contributed by atoms with Gasteiger partial charge in [0, 0.05) is 12.0 Å². The summed E-state index contributed by atoms with van der Waals surface area (Å²) < 4.78 is 16.4. The van der Waals surface area contributed by atoms with E-state index >= 15 is 0 Å². The van der Waals surface area contributed by atoms with E-state index in [-0.39, 0.29) is 0 Å². The van der Waals surface area contributed by atoms with Gasteiger partial charge in [-0.15, -0.1) is 0 Å². The number of quaternary nitrogens is 1. The van der Waals surface area contributed by atoms with Gasteiger partial charge < -0.3 is 19.9 Å². The van der Waals surface area contributed by atoms with Gasteiger partial charge >= 0.3 is 0 Å². The second-order valence-electron chi connectivity index (χ2n) is 4.75. The van der Waals surface area contributed by atoms with Crippen LogP contribution < -0.4 is 19.9 Å². The molecule has 0 saturated carbocycles. The zero-order valence-electron chi connectivity index (χ0n) is 11.4. The van der Waals surface area contributed by atoms with Crippen molar-refractivity contribution in [2.24, 2.45) is 0 Å². The Bertz CT molecular complexity index is 432. The van der Waals surface area contributed by atoms with Gasteiger partial charge in [-0.25, -0.2) is 0 Å². The van der Waals surface area contributed by atoms with Crippen LogP contribution in [-0.4, -0.2) is 27.4 Å². The van der Waals surface area contributed by atoms with Gasteiger partial charge in [0.25, 0.3) is 0 Å². The molecular weight excluding hydrogens is 230 g/mol. The Kier molecular flexibility index (Phi) is 3.97. The highest BCUT2D eigenvalue weighted by atomic mass is 16.5. The quantitative estimate of drug-likeness (QED) is 0.822. The van der Waals surface area contributed by atoms with Crippen LogP contribution in [0, 0.1) is 0 Å². The Hall–Kier alpha value is -1.42. The number of benzene rings is 1. The minimum atomic E-state index is 0.443. The van der Waals surface area contributed by atoms with Crippen LogP contribution in [0.1, 0.15) is 24.0 Å². The molecule has 3 N–H and O–H groups in total. The molecule has 0 amide bonds. The molecule has 0 unspecified atom stereocenters. The Balaban J connectivity index is 2.58. The van der Waals surface area contributed by atoms with Crippen molar-refractivity contribution in [3.05, 3.63) is 17.2 Å². The minimum absolute atomic E-state index is 0.443. The number of hydrogen-bond donors (Lipinski definition) is 1. The maximum atomic E-state index is 5.55. The molecule has 0 fully saturated rings. The van der Waals surface area contributed by atoms with Crippen molar-refractivity contribution in [3.63, 3.8) is 0 Å². The van der Waals surface area contributed by atoms with E-state index in [4.69, 9.17) is 14.2 Å². The third-order valence-electron chi connectivity index (χ3n) is 3.58. The number of fused-ring (bicyclic) bond motifs is 1. The maximum absolute atomic E-state index is 5.55. The molecule has 4 nitrogen and oxygen atoms in total. The molecule has 1 aromatic rings. The van der Waals surface area contributed by atoms with E-state index in [1.54, 1.807) is 21.3 Å². The summed E-state index contributed by atoms with van der Waals surface area (Å²) in [5, 5.41) is 0. The summed E-state index contributed by atoms with van der Waals surface area (Å²) in [5.41, 5.74) is 6.73. The lowest BCUT2D eigenvalue weighted by Gasteiger charge is -2.18. The van der Waals surface area contributed by atoms with Crippen LogP contribution in [0.15, 0.2) is 6.07 Å². The molecule has 0 radical (unpaired) electrons. The molecule has 1 aliphatic rings. The van der Waals surface area contributed by atoms with E-state index in [1.807, 2.05) is 0 Å². The highest BCUT2D eigenvalue weighted by Crippen LogP contribution is 2.43. The van der Waals surface area contributed by atoms with E-state index in [9.17, 15) is 0 Å². The van der Waals surface area contributed by atoms with Crippen molar-refractivity contribution in [1.29, 1.82) is 0 Å².